The van der Waals surface area contributed by atoms with Crippen LogP contribution in [0.2, 0.25) is 0 Å². The lowest BCUT2D eigenvalue weighted by molar-refractivity contribution is 0.400. The highest BCUT2D eigenvalue weighted by Crippen LogP contribution is 2.32. The maximum atomic E-state index is 9.63. The molecule has 0 spiro atoms. The highest BCUT2D eigenvalue weighted by molar-refractivity contribution is 5.31. The first-order chi connectivity index (χ1) is 7.20. The SMILES string of the molecule is NC1(CCc2ccccc2O)CCCC1. The molecule has 15 heavy (non-hydrogen) atoms. The zero-order valence-electron chi connectivity index (χ0n) is 9.08. The number of benzene rings is 1. The summed E-state index contributed by atoms with van der Waals surface area (Å²) in [5, 5.41) is 9.63. The Hall–Kier alpha value is -1.02. The molecule has 0 heterocycles. The second-order valence-corrected chi connectivity index (χ2v) is 4.70. The van der Waals surface area contributed by atoms with E-state index in [4.69, 9.17) is 5.73 Å². The van der Waals surface area contributed by atoms with E-state index in [9.17, 15) is 5.11 Å². The van der Waals surface area contributed by atoms with E-state index in [2.05, 4.69) is 0 Å². The van der Waals surface area contributed by atoms with Gasteiger partial charge in [-0.1, -0.05) is 31.0 Å². The average molecular weight is 205 g/mol. The van der Waals surface area contributed by atoms with Crippen LogP contribution in [0, 0.1) is 0 Å². The van der Waals surface area contributed by atoms with E-state index < -0.39 is 0 Å². The van der Waals surface area contributed by atoms with Crippen LogP contribution in [-0.4, -0.2) is 10.6 Å². The summed E-state index contributed by atoms with van der Waals surface area (Å²) in [6.45, 7) is 0. The molecule has 2 heteroatoms. The van der Waals surface area contributed by atoms with Gasteiger partial charge in [-0.15, -0.1) is 0 Å². The van der Waals surface area contributed by atoms with Crippen LogP contribution < -0.4 is 5.73 Å². The standard InChI is InChI=1S/C13H19NO/c14-13(8-3-4-9-13)10-7-11-5-1-2-6-12(11)15/h1-2,5-6,15H,3-4,7-10,14H2. The fraction of sp³-hybridized carbons (Fsp3) is 0.538. The molecule has 0 aliphatic heterocycles. The van der Waals surface area contributed by atoms with E-state index in [1.165, 1.54) is 12.8 Å². The number of aryl methyl sites for hydroxylation is 1. The number of phenols is 1. The summed E-state index contributed by atoms with van der Waals surface area (Å²) in [5.41, 5.74) is 7.33. The van der Waals surface area contributed by atoms with Gasteiger partial charge in [0.15, 0.2) is 0 Å². The summed E-state index contributed by atoms with van der Waals surface area (Å²) >= 11 is 0. The van der Waals surface area contributed by atoms with E-state index >= 15 is 0 Å². The van der Waals surface area contributed by atoms with Gasteiger partial charge in [-0.2, -0.15) is 0 Å². The lowest BCUT2D eigenvalue weighted by Crippen LogP contribution is -2.36. The van der Waals surface area contributed by atoms with Gasteiger partial charge in [0.05, 0.1) is 0 Å². The fourth-order valence-electron chi connectivity index (χ4n) is 2.43. The van der Waals surface area contributed by atoms with Crippen LogP contribution >= 0.6 is 0 Å². The molecule has 1 saturated carbocycles. The predicted molar refractivity (Wildman–Crippen MR) is 61.8 cm³/mol. The van der Waals surface area contributed by atoms with Crippen LogP contribution in [0.3, 0.4) is 0 Å². The van der Waals surface area contributed by atoms with Gasteiger partial charge in [0.25, 0.3) is 0 Å². The number of para-hydroxylation sites is 1. The Morgan fingerprint density at radius 2 is 1.87 bits per heavy atom. The van der Waals surface area contributed by atoms with Crippen molar-refractivity contribution < 1.29 is 5.11 Å². The van der Waals surface area contributed by atoms with Crippen molar-refractivity contribution in [2.75, 3.05) is 0 Å². The van der Waals surface area contributed by atoms with Crippen LogP contribution in [0.25, 0.3) is 0 Å². The van der Waals surface area contributed by atoms with Crippen molar-refractivity contribution in [3.05, 3.63) is 29.8 Å². The van der Waals surface area contributed by atoms with Crippen molar-refractivity contribution in [3.8, 4) is 5.75 Å². The van der Waals surface area contributed by atoms with Gasteiger partial charge >= 0.3 is 0 Å². The molecule has 0 saturated heterocycles. The molecular formula is C13H19NO. The summed E-state index contributed by atoms with van der Waals surface area (Å²) in [7, 11) is 0. The topological polar surface area (TPSA) is 46.2 Å². The van der Waals surface area contributed by atoms with Gasteiger partial charge in [0.2, 0.25) is 0 Å². The molecule has 0 aromatic heterocycles. The first kappa shape index (κ1) is 10.5. The second-order valence-electron chi connectivity index (χ2n) is 4.70. The molecule has 0 amide bonds. The first-order valence-electron chi connectivity index (χ1n) is 5.75. The number of rotatable bonds is 3. The van der Waals surface area contributed by atoms with Crippen LogP contribution in [0.15, 0.2) is 24.3 Å². The van der Waals surface area contributed by atoms with E-state index in [1.54, 1.807) is 6.07 Å². The molecule has 2 nitrogen and oxygen atoms in total. The van der Waals surface area contributed by atoms with Gasteiger partial charge in [-0.25, -0.2) is 0 Å². The molecule has 1 aliphatic rings. The summed E-state index contributed by atoms with van der Waals surface area (Å²) in [5.74, 6) is 0.402. The van der Waals surface area contributed by atoms with Gasteiger partial charge in [-0.05, 0) is 37.3 Å². The first-order valence-corrected chi connectivity index (χ1v) is 5.75. The van der Waals surface area contributed by atoms with Gasteiger partial charge in [0.1, 0.15) is 5.75 Å². The summed E-state index contributed by atoms with van der Waals surface area (Å²) in [6, 6.07) is 7.54. The van der Waals surface area contributed by atoms with Crippen molar-refractivity contribution in [1.82, 2.24) is 0 Å². The predicted octanol–water partition coefficient (Wildman–Crippen LogP) is 2.60. The largest absolute Gasteiger partial charge is 0.508 e. The monoisotopic (exact) mass is 205 g/mol. The number of phenolic OH excluding ortho intramolecular Hbond substituents is 1. The molecule has 1 aliphatic carbocycles. The Labute approximate surface area is 91.1 Å². The number of hydrogen-bond donors (Lipinski definition) is 2. The molecule has 0 atom stereocenters. The molecule has 0 bridgehead atoms. The normalized spacial score (nSPS) is 19.3. The molecule has 0 unspecified atom stereocenters. The summed E-state index contributed by atoms with van der Waals surface area (Å²) in [4.78, 5) is 0. The highest BCUT2D eigenvalue weighted by Gasteiger charge is 2.28. The molecule has 82 valence electrons. The van der Waals surface area contributed by atoms with E-state index in [0.717, 1.165) is 31.2 Å². The quantitative estimate of drug-likeness (QED) is 0.796. The van der Waals surface area contributed by atoms with E-state index in [1.807, 2.05) is 18.2 Å². The Morgan fingerprint density at radius 3 is 2.53 bits per heavy atom. The molecule has 1 aromatic carbocycles. The lowest BCUT2D eigenvalue weighted by atomic mass is 9.90. The average Bonchev–Trinajstić information content (AvgIpc) is 2.65. The summed E-state index contributed by atoms with van der Waals surface area (Å²) < 4.78 is 0. The zero-order chi connectivity index (χ0) is 10.7. The third-order valence-corrected chi connectivity index (χ3v) is 3.48. The number of aromatic hydroxyl groups is 1. The van der Waals surface area contributed by atoms with Gasteiger partial charge in [-0.3, -0.25) is 0 Å². The summed E-state index contributed by atoms with van der Waals surface area (Å²) in [6.07, 6.45) is 6.68. The molecule has 2 rings (SSSR count). The van der Waals surface area contributed by atoms with Crippen molar-refractivity contribution in [1.29, 1.82) is 0 Å². The minimum absolute atomic E-state index is 0.0300. The Kier molecular flexibility index (Phi) is 2.96. The Morgan fingerprint density at radius 1 is 1.20 bits per heavy atom. The molecule has 1 fully saturated rings. The number of hydrogen-bond acceptors (Lipinski definition) is 2. The van der Waals surface area contributed by atoms with E-state index in [-0.39, 0.29) is 5.54 Å². The van der Waals surface area contributed by atoms with Crippen molar-refractivity contribution >= 4 is 0 Å². The van der Waals surface area contributed by atoms with Crippen molar-refractivity contribution in [3.63, 3.8) is 0 Å². The van der Waals surface area contributed by atoms with Gasteiger partial charge in [0, 0.05) is 5.54 Å². The third kappa shape index (κ3) is 2.51. The highest BCUT2D eigenvalue weighted by atomic mass is 16.3. The molecular weight excluding hydrogens is 186 g/mol. The fourth-order valence-corrected chi connectivity index (χ4v) is 2.43. The van der Waals surface area contributed by atoms with Crippen LogP contribution in [0.1, 0.15) is 37.7 Å². The molecule has 0 radical (unpaired) electrons. The minimum Gasteiger partial charge on any atom is -0.508 e. The Balaban J connectivity index is 1.95. The maximum absolute atomic E-state index is 9.63. The zero-order valence-corrected chi connectivity index (χ0v) is 9.08. The van der Waals surface area contributed by atoms with Crippen molar-refractivity contribution in [2.45, 2.75) is 44.1 Å². The lowest BCUT2D eigenvalue weighted by Gasteiger charge is -2.23. The third-order valence-electron chi connectivity index (χ3n) is 3.48. The van der Waals surface area contributed by atoms with Gasteiger partial charge < -0.3 is 10.8 Å². The van der Waals surface area contributed by atoms with Crippen molar-refractivity contribution in [2.24, 2.45) is 5.73 Å². The number of nitrogens with two attached hydrogens (primary N) is 1. The minimum atomic E-state index is 0.0300. The van der Waals surface area contributed by atoms with Crippen LogP contribution in [0.5, 0.6) is 5.75 Å². The smallest absolute Gasteiger partial charge is 0.118 e. The second kappa shape index (κ2) is 4.23. The van der Waals surface area contributed by atoms with E-state index in [0.29, 0.717) is 5.75 Å². The van der Waals surface area contributed by atoms with Crippen LogP contribution in [-0.2, 0) is 6.42 Å². The Bertz CT molecular complexity index is 329. The molecule has 3 N–H and O–H groups in total. The molecule has 1 aromatic rings. The maximum Gasteiger partial charge on any atom is 0.118 e. The van der Waals surface area contributed by atoms with Crippen LogP contribution in [0.4, 0.5) is 0 Å².